The molecule has 1 atom stereocenters. The first-order chi connectivity index (χ1) is 19.8. The predicted octanol–water partition coefficient (Wildman–Crippen LogP) is 9.49. The molecule has 5 heteroatoms. The first-order valence-electron chi connectivity index (χ1n) is 15.8. The number of ether oxygens (including phenoxy) is 1. The number of unbranched alkanes of at least 4 members (excludes halogenated alkanes) is 2. The Hall–Kier alpha value is -2.53. The number of halogens is 2. The van der Waals surface area contributed by atoms with Gasteiger partial charge in [0.2, 0.25) is 0 Å². The van der Waals surface area contributed by atoms with Gasteiger partial charge in [0.1, 0.15) is 18.2 Å². The van der Waals surface area contributed by atoms with Gasteiger partial charge in [-0.15, -0.1) is 0 Å². The van der Waals surface area contributed by atoms with Crippen LogP contribution in [0, 0.1) is 29.4 Å². The number of carbonyl (C=O) groups excluding carboxylic acids is 1. The average Bonchev–Trinajstić information content (AvgIpc) is 2.98. The smallest absolute Gasteiger partial charge is 0.333 e. The number of aliphatic hydroxyl groups is 1. The van der Waals surface area contributed by atoms with Crippen molar-refractivity contribution in [2.75, 3.05) is 13.2 Å². The zero-order chi connectivity index (χ0) is 29.4. The van der Waals surface area contributed by atoms with Crippen molar-refractivity contribution in [3.63, 3.8) is 0 Å². The Kier molecular flexibility index (Phi) is 11.6. The summed E-state index contributed by atoms with van der Waals surface area (Å²) in [7, 11) is 0. The van der Waals surface area contributed by atoms with Crippen molar-refractivity contribution in [1.82, 2.24) is 0 Å². The van der Waals surface area contributed by atoms with E-state index in [0.29, 0.717) is 16.7 Å². The van der Waals surface area contributed by atoms with E-state index in [1.165, 1.54) is 76.3 Å². The molecule has 2 fully saturated rings. The number of aliphatic hydroxyl groups excluding tert-OH is 1. The van der Waals surface area contributed by atoms with Crippen molar-refractivity contribution in [3.8, 4) is 11.1 Å². The minimum Gasteiger partial charge on any atom is -0.462 e. The van der Waals surface area contributed by atoms with Gasteiger partial charge >= 0.3 is 5.97 Å². The Labute approximate surface area is 245 Å². The third kappa shape index (κ3) is 8.28. The summed E-state index contributed by atoms with van der Waals surface area (Å²) in [5, 5.41) is 9.75. The van der Waals surface area contributed by atoms with Gasteiger partial charge in [-0.05, 0) is 97.9 Å². The Morgan fingerprint density at radius 2 is 1.63 bits per heavy atom. The van der Waals surface area contributed by atoms with E-state index in [-0.39, 0.29) is 30.5 Å². The summed E-state index contributed by atoms with van der Waals surface area (Å²) >= 11 is 0. The van der Waals surface area contributed by atoms with Gasteiger partial charge in [0.05, 0.1) is 6.61 Å². The Bertz CT molecular complexity index is 1160. The molecule has 0 aromatic heterocycles. The molecule has 1 N–H and O–H groups in total. The van der Waals surface area contributed by atoms with Crippen LogP contribution in [0.1, 0.15) is 114 Å². The number of carbonyl (C=O) groups is 1. The summed E-state index contributed by atoms with van der Waals surface area (Å²) in [5.41, 5.74) is 2.33. The highest BCUT2D eigenvalue weighted by Crippen LogP contribution is 2.45. The van der Waals surface area contributed by atoms with Crippen LogP contribution in [0.4, 0.5) is 8.78 Å². The summed E-state index contributed by atoms with van der Waals surface area (Å²) in [6, 6.07) is 9.75. The first kappa shape index (κ1) is 31.4. The molecule has 2 aromatic rings. The fraction of sp³-hybridized carbons (Fsp3) is 0.583. The lowest BCUT2D eigenvalue weighted by atomic mass is 9.68. The van der Waals surface area contributed by atoms with Crippen LogP contribution in [-0.4, -0.2) is 24.3 Å². The zero-order valence-electron chi connectivity index (χ0n) is 25.0. The van der Waals surface area contributed by atoms with Gasteiger partial charge in [-0.2, -0.15) is 0 Å². The first-order valence-corrected chi connectivity index (χ1v) is 15.8. The molecule has 0 aliphatic heterocycles. The number of rotatable bonds is 12. The van der Waals surface area contributed by atoms with Crippen molar-refractivity contribution in [1.29, 1.82) is 0 Å². The standard InChI is InChI=1S/C36H48F2O3/c1-4-5-6-7-25-8-10-26(11-9-25)27-12-14-28(15-13-27)32-19-17-30(21-35(32)38)33-18-16-29(20-34(33)37)31(22-39)23-41-36(40)24(2)3/h16-21,25-28,31,39H,2,4-15,22-23H2,1,3H3. The Balaban J connectivity index is 1.33. The van der Waals surface area contributed by atoms with Crippen molar-refractivity contribution in [2.24, 2.45) is 17.8 Å². The van der Waals surface area contributed by atoms with Crippen LogP contribution < -0.4 is 0 Å². The monoisotopic (exact) mass is 566 g/mol. The van der Waals surface area contributed by atoms with E-state index in [4.69, 9.17) is 4.74 Å². The van der Waals surface area contributed by atoms with Crippen molar-refractivity contribution >= 4 is 5.97 Å². The molecule has 0 spiro atoms. The molecule has 2 aliphatic carbocycles. The van der Waals surface area contributed by atoms with Crippen molar-refractivity contribution < 1.29 is 23.4 Å². The number of hydrogen-bond donors (Lipinski definition) is 1. The molecule has 4 rings (SSSR count). The maximum atomic E-state index is 15.4. The maximum Gasteiger partial charge on any atom is 0.333 e. The van der Waals surface area contributed by atoms with Crippen LogP contribution in [0.5, 0.6) is 0 Å². The molecule has 2 saturated carbocycles. The Morgan fingerprint density at radius 1 is 0.951 bits per heavy atom. The van der Waals surface area contributed by atoms with Gasteiger partial charge in [0.15, 0.2) is 0 Å². The molecule has 0 bridgehead atoms. The predicted molar refractivity (Wildman–Crippen MR) is 162 cm³/mol. The second kappa shape index (κ2) is 15.1. The van der Waals surface area contributed by atoms with E-state index >= 15 is 8.78 Å². The molecule has 2 aromatic carbocycles. The fourth-order valence-electron chi connectivity index (χ4n) is 7.13. The van der Waals surface area contributed by atoms with E-state index in [1.807, 2.05) is 12.1 Å². The molecule has 224 valence electrons. The molecule has 0 saturated heterocycles. The van der Waals surface area contributed by atoms with Gasteiger partial charge < -0.3 is 9.84 Å². The van der Waals surface area contributed by atoms with Gasteiger partial charge in [-0.1, -0.05) is 76.3 Å². The van der Waals surface area contributed by atoms with Gasteiger partial charge in [-0.25, -0.2) is 13.6 Å². The molecular formula is C36H48F2O3. The van der Waals surface area contributed by atoms with Gasteiger partial charge in [0.25, 0.3) is 0 Å². The van der Waals surface area contributed by atoms with E-state index < -0.39 is 17.7 Å². The lowest BCUT2D eigenvalue weighted by Gasteiger charge is -2.38. The van der Waals surface area contributed by atoms with Crippen LogP contribution in [0.2, 0.25) is 0 Å². The molecule has 3 nitrogen and oxygen atoms in total. The second-order valence-electron chi connectivity index (χ2n) is 12.6. The zero-order valence-corrected chi connectivity index (χ0v) is 25.0. The second-order valence-corrected chi connectivity index (χ2v) is 12.6. The topological polar surface area (TPSA) is 46.5 Å². The van der Waals surface area contributed by atoms with E-state index in [9.17, 15) is 9.90 Å². The molecule has 1 unspecified atom stereocenters. The van der Waals surface area contributed by atoms with Crippen molar-refractivity contribution in [2.45, 2.75) is 103 Å². The summed E-state index contributed by atoms with van der Waals surface area (Å²) in [6.07, 6.45) is 15.4. The average molecular weight is 567 g/mol. The SMILES string of the molecule is C=C(C)C(=O)OCC(CO)c1ccc(-c2ccc(C3CCC(C4CCC(CCCCC)CC4)CC3)c(F)c2)c(F)c1. The highest BCUT2D eigenvalue weighted by molar-refractivity contribution is 5.86. The quantitative estimate of drug-likeness (QED) is 0.158. The molecule has 0 amide bonds. The van der Waals surface area contributed by atoms with Crippen LogP contribution in [0.3, 0.4) is 0 Å². The maximum absolute atomic E-state index is 15.4. The van der Waals surface area contributed by atoms with Crippen LogP contribution in [0.15, 0.2) is 48.6 Å². The molecule has 0 heterocycles. The van der Waals surface area contributed by atoms with E-state index in [2.05, 4.69) is 13.5 Å². The van der Waals surface area contributed by atoms with E-state index in [1.54, 1.807) is 19.1 Å². The number of benzene rings is 2. The number of hydrogen-bond acceptors (Lipinski definition) is 3. The highest BCUT2D eigenvalue weighted by Gasteiger charge is 2.32. The minimum absolute atomic E-state index is 0.0765. The third-order valence-electron chi connectivity index (χ3n) is 9.75. The van der Waals surface area contributed by atoms with Crippen molar-refractivity contribution in [3.05, 3.63) is 71.3 Å². The summed E-state index contributed by atoms with van der Waals surface area (Å²) in [4.78, 5) is 11.7. The fourth-order valence-corrected chi connectivity index (χ4v) is 7.13. The van der Waals surface area contributed by atoms with Crippen LogP contribution >= 0.6 is 0 Å². The highest BCUT2D eigenvalue weighted by atomic mass is 19.1. The van der Waals surface area contributed by atoms with Crippen LogP contribution in [-0.2, 0) is 9.53 Å². The lowest BCUT2D eigenvalue weighted by molar-refractivity contribution is -0.139. The number of esters is 1. The Morgan fingerprint density at radius 3 is 2.22 bits per heavy atom. The lowest BCUT2D eigenvalue weighted by Crippen LogP contribution is -2.25. The third-order valence-corrected chi connectivity index (χ3v) is 9.75. The molecule has 2 aliphatic rings. The molecule has 0 radical (unpaired) electrons. The van der Waals surface area contributed by atoms with Gasteiger partial charge in [0, 0.05) is 17.1 Å². The summed E-state index contributed by atoms with van der Waals surface area (Å²) in [6.45, 7) is 6.98. The molecular weight excluding hydrogens is 518 g/mol. The largest absolute Gasteiger partial charge is 0.462 e. The molecule has 41 heavy (non-hydrogen) atoms. The van der Waals surface area contributed by atoms with E-state index in [0.717, 1.165) is 36.2 Å². The summed E-state index contributed by atoms with van der Waals surface area (Å²) < 4.78 is 35.7. The normalized spacial score (nSPS) is 23.6. The minimum atomic E-state index is -0.558. The van der Waals surface area contributed by atoms with Gasteiger partial charge in [-0.3, -0.25) is 0 Å². The summed E-state index contributed by atoms with van der Waals surface area (Å²) in [5.74, 6) is 0.920. The van der Waals surface area contributed by atoms with Crippen LogP contribution in [0.25, 0.3) is 11.1 Å².